The summed E-state index contributed by atoms with van der Waals surface area (Å²) in [5.41, 5.74) is 6.37. The molecule has 0 saturated heterocycles. The maximum Gasteiger partial charge on any atom is 0.131 e. The average Bonchev–Trinajstić information content (AvgIpc) is 2.62. The third kappa shape index (κ3) is 8.03. The van der Waals surface area contributed by atoms with Gasteiger partial charge in [-0.05, 0) is 86.5 Å². The Kier molecular flexibility index (Phi) is 8.40. The van der Waals surface area contributed by atoms with E-state index in [2.05, 4.69) is 149 Å². The zero-order valence-corrected chi connectivity index (χ0v) is 28.1. The fraction of sp³-hybridized carbons (Fsp3) is 0.667. The van der Waals surface area contributed by atoms with Gasteiger partial charge >= 0.3 is 0 Å². The number of ether oxygens (including phenoxy) is 2. The zero-order valence-electron chi connectivity index (χ0n) is 28.1. The van der Waals surface area contributed by atoms with Gasteiger partial charge < -0.3 is 9.47 Å². The summed E-state index contributed by atoms with van der Waals surface area (Å²) in [7, 11) is 0. The van der Waals surface area contributed by atoms with Crippen LogP contribution in [0.4, 0.5) is 0 Å². The Morgan fingerprint density at radius 1 is 0.368 bits per heavy atom. The molecule has 2 aromatic rings. The second-order valence-electron chi connectivity index (χ2n) is 17.2. The summed E-state index contributed by atoms with van der Waals surface area (Å²) in [4.78, 5) is 0. The van der Waals surface area contributed by atoms with Crippen LogP contribution in [0.5, 0.6) is 11.5 Å². The first-order valence-electron chi connectivity index (χ1n) is 14.4. The predicted molar refractivity (Wildman–Crippen MR) is 167 cm³/mol. The maximum absolute atomic E-state index is 6.89. The lowest BCUT2D eigenvalue weighted by Gasteiger charge is -2.36. The summed E-state index contributed by atoms with van der Waals surface area (Å²) in [5.74, 6) is 1.92. The van der Waals surface area contributed by atoms with Crippen molar-refractivity contribution in [3.8, 4) is 22.6 Å². The summed E-state index contributed by atoms with van der Waals surface area (Å²) in [6, 6.07) is 9.46. The van der Waals surface area contributed by atoms with Crippen LogP contribution in [0.15, 0.2) is 24.3 Å². The van der Waals surface area contributed by atoms with Crippen LogP contribution in [0.3, 0.4) is 0 Å². The third-order valence-electron chi connectivity index (χ3n) is 6.63. The molecule has 0 atom stereocenters. The molecule has 0 fully saturated rings. The van der Waals surface area contributed by atoms with Gasteiger partial charge in [-0.15, -0.1) is 0 Å². The Bertz CT molecular complexity index is 1050. The van der Waals surface area contributed by atoms with E-state index in [0.717, 1.165) is 22.6 Å². The highest BCUT2D eigenvalue weighted by atomic mass is 16.5. The molecule has 0 aliphatic rings. The van der Waals surface area contributed by atoms with Crippen molar-refractivity contribution >= 4 is 0 Å². The van der Waals surface area contributed by atoms with Gasteiger partial charge in [-0.3, -0.25) is 0 Å². The molecule has 214 valence electrons. The lowest BCUT2D eigenvalue weighted by atomic mass is 9.75. The van der Waals surface area contributed by atoms with Crippen LogP contribution in [0.1, 0.15) is 147 Å². The van der Waals surface area contributed by atoms with Crippen LogP contribution < -0.4 is 9.47 Å². The van der Waals surface area contributed by atoms with Gasteiger partial charge in [0.25, 0.3) is 0 Å². The second kappa shape index (κ2) is 9.90. The summed E-state index contributed by atoms with van der Waals surface area (Å²) >= 11 is 0. The van der Waals surface area contributed by atoms with Crippen LogP contribution in [0.25, 0.3) is 11.1 Å². The van der Waals surface area contributed by atoms with Crippen molar-refractivity contribution in [2.24, 2.45) is 0 Å². The standard InChI is InChI=1S/C36H58O2/c1-31(2,3)23-19-25(29(37-35(13,14)15)27(21-23)33(7,8)9)26-20-24(32(4,5)6)22-28(34(10,11)12)30(26)38-36(16,17)18/h19-22H,1-18H3. The van der Waals surface area contributed by atoms with E-state index in [-0.39, 0.29) is 32.9 Å². The van der Waals surface area contributed by atoms with Crippen molar-refractivity contribution < 1.29 is 9.47 Å². The molecule has 0 spiro atoms. The number of hydrogen-bond acceptors (Lipinski definition) is 2. The molecule has 2 nitrogen and oxygen atoms in total. The van der Waals surface area contributed by atoms with E-state index >= 15 is 0 Å². The number of hydrogen-bond donors (Lipinski definition) is 0. The Morgan fingerprint density at radius 3 is 0.816 bits per heavy atom. The molecule has 0 amide bonds. The molecule has 38 heavy (non-hydrogen) atoms. The van der Waals surface area contributed by atoms with E-state index in [1.54, 1.807) is 0 Å². The fourth-order valence-electron chi connectivity index (χ4n) is 4.47. The van der Waals surface area contributed by atoms with E-state index in [9.17, 15) is 0 Å². The first-order valence-corrected chi connectivity index (χ1v) is 14.4. The van der Waals surface area contributed by atoms with Crippen molar-refractivity contribution in [1.29, 1.82) is 0 Å². The highest BCUT2D eigenvalue weighted by molar-refractivity contribution is 5.81. The van der Waals surface area contributed by atoms with E-state index in [0.29, 0.717) is 0 Å². The minimum Gasteiger partial charge on any atom is -0.487 e. The molecular formula is C36H58O2. The van der Waals surface area contributed by atoms with Crippen molar-refractivity contribution in [2.75, 3.05) is 0 Å². The molecule has 0 saturated carbocycles. The first-order chi connectivity index (χ1) is 16.6. The molecule has 0 bridgehead atoms. The smallest absolute Gasteiger partial charge is 0.131 e. The van der Waals surface area contributed by atoms with E-state index < -0.39 is 0 Å². The minimum atomic E-state index is -0.350. The van der Waals surface area contributed by atoms with E-state index in [1.165, 1.54) is 22.3 Å². The molecule has 0 aliphatic heterocycles. The minimum absolute atomic E-state index is 0.0193. The summed E-state index contributed by atoms with van der Waals surface area (Å²) < 4.78 is 13.8. The van der Waals surface area contributed by atoms with Crippen molar-refractivity contribution in [3.05, 3.63) is 46.5 Å². The van der Waals surface area contributed by atoms with E-state index in [4.69, 9.17) is 9.47 Å². The molecule has 0 heterocycles. The molecule has 0 radical (unpaired) electrons. The molecule has 0 aliphatic carbocycles. The van der Waals surface area contributed by atoms with Crippen molar-refractivity contribution in [2.45, 2.75) is 157 Å². The number of benzene rings is 2. The van der Waals surface area contributed by atoms with Gasteiger partial charge in [0.15, 0.2) is 0 Å². The maximum atomic E-state index is 6.89. The summed E-state index contributed by atoms with van der Waals surface area (Å²) in [6.45, 7) is 40.3. The Labute approximate surface area is 235 Å². The van der Waals surface area contributed by atoms with Crippen LogP contribution in [-0.2, 0) is 21.7 Å². The van der Waals surface area contributed by atoms with Crippen LogP contribution >= 0.6 is 0 Å². The Morgan fingerprint density at radius 2 is 0.632 bits per heavy atom. The second-order valence-corrected chi connectivity index (χ2v) is 17.2. The van der Waals surface area contributed by atoms with Gasteiger partial charge in [0, 0.05) is 22.3 Å². The van der Waals surface area contributed by atoms with Crippen molar-refractivity contribution in [1.82, 2.24) is 0 Å². The van der Waals surface area contributed by atoms with E-state index in [1.807, 2.05) is 0 Å². The van der Waals surface area contributed by atoms with Gasteiger partial charge in [-0.1, -0.05) is 95.2 Å². The summed E-state index contributed by atoms with van der Waals surface area (Å²) in [5, 5.41) is 0. The topological polar surface area (TPSA) is 18.5 Å². The van der Waals surface area contributed by atoms with Crippen LogP contribution in [-0.4, -0.2) is 11.2 Å². The largest absolute Gasteiger partial charge is 0.487 e. The predicted octanol–water partition coefficient (Wildman–Crippen LogP) is 10.9. The normalized spacial score (nSPS) is 14.1. The molecule has 0 unspecified atom stereocenters. The molecule has 2 rings (SSSR count). The summed E-state index contributed by atoms with van der Waals surface area (Å²) in [6.07, 6.45) is 0. The zero-order chi connectivity index (χ0) is 29.9. The van der Waals surface area contributed by atoms with Gasteiger partial charge in [0.05, 0.1) is 0 Å². The van der Waals surface area contributed by atoms with Crippen LogP contribution in [0, 0.1) is 0 Å². The third-order valence-corrected chi connectivity index (χ3v) is 6.63. The molecule has 2 aromatic carbocycles. The first kappa shape index (κ1) is 32.3. The SMILES string of the molecule is CC(C)(C)Oc1c(-c2cc(C(C)(C)C)cc(C(C)(C)C)c2OC(C)(C)C)cc(C(C)(C)C)cc1C(C)(C)C. The van der Waals surface area contributed by atoms with Crippen LogP contribution in [0.2, 0.25) is 0 Å². The molecular weight excluding hydrogens is 464 g/mol. The Balaban J connectivity index is 3.30. The number of rotatable bonds is 3. The Hall–Kier alpha value is -1.96. The lowest BCUT2D eigenvalue weighted by molar-refractivity contribution is 0.125. The average molecular weight is 523 g/mol. The van der Waals surface area contributed by atoms with Gasteiger partial charge in [0.1, 0.15) is 22.7 Å². The van der Waals surface area contributed by atoms with Crippen molar-refractivity contribution in [3.63, 3.8) is 0 Å². The van der Waals surface area contributed by atoms with Gasteiger partial charge in [-0.2, -0.15) is 0 Å². The quantitative estimate of drug-likeness (QED) is 0.399. The highest BCUT2D eigenvalue weighted by Gasteiger charge is 2.33. The molecule has 0 aromatic heterocycles. The fourth-order valence-corrected chi connectivity index (χ4v) is 4.47. The van der Waals surface area contributed by atoms with Gasteiger partial charge in [-0.25, -0.2) is 0 Å². The molecule has 2 heteroatoms. The molecule has 0 N–H and O–H groups in total. The highest BCUT2D eigenvalue weighted by Crippen LogP contribution is 2.50. The monoisotopic (exact) mass is 522 g/mol. The lowest BCUT2D eigenvalue weighted by Crippen LogP contribution is -2.28. The van der Waals surface area contributed by atoms with Gasteiger partial charge in [0.2, 0.25) is 0 Å².